The van der Waals surface area contributed by atoms with Crippen molar-refractivity contribution in [3.63, 3.8) is 0 Å². The molecule has 0 spiro atoms. The van der Waals surface area contributed by atoms with Gasteiger partial charge in [-0.15, -0.1) is 0 Å². The summed E-state index contributed by atoms with van der Waals surface area (Å²) in [5.74, 6) is -0.00580. The summed E-state index contributed by atoms with van der Waals surface area (Å²) < 4.78 is 0. The maximum atomic E-state index is 12.3. The summed E-state index contributed by atoms with van der Waals surface area (Å²) in [6.07, 6.45) is 3.04. The second-order valence-corrected chi connectivity index (χ2v) is 5.68. The van der Waals surface area contributed by atoms with Crippen LogP contribution in [0.1, 0.15) is 25.8 Å². The van der Waals surface area contributed by atoms with Gasteiger partial charge < -0.3 is 14.8 Å². The maximum Gasteiger partial charge on any atom is 0.242 e. The SMILES string of the molecule is CCN(CC)C(=O)CN(C)C(=O)CCc1c[nH]c2ccccc12. The topological polar surface area (TPSA) is 56.4 Å². The highest BCUT2D eigenvalue weighted by atomic mass is 16.2. The Morgan fingerprint density at radius 3 is 2.48 bits per heavy atom. The first-order chi connectivity index (χ1) is 11.1. The fourth-order valence-electron chi connectivity index (χ4n) is 2.74. The van der Waals surface area contributed by atoms with E-state index in [0.717, 1.165) is 16.5 Å². The minimum absolute atomic E-state index is 0.00190. The first kappa shape index (κ1) is 17.1. The number of aryl methyl sites for hydroxylation is 1. The van der Waals surface area contributed by atoms with Crippen molar-refractivity contribution in [1.29, 1.82) is 0 Å². The van der Waals surface area contributed by atoms with E-state index in [2.05, 4.69) is 11.1 Å². The molecular weight excluding hydrogens is 290 g/mol. The molecule has 0 bridgehead atoms. The number of H-pyrrole nitrogens is 1. The van der Waals surface area contributed by atoms with Crippen molar-refractivity contribution in [2.24, 2.45) is 0 Å². The van der Waals surface area contributed by atoms with Gasteiger partial charge in [0.05, 0.1) is 6.54 Å². The molecule has 1 N–H and O–H groups in total. The van der Waals surface area contributed by atoms with Gasteiger partial charge in [0.15, 0.2) is 0 Å². The number of fused-ring (bicyclic) bond motifs is 1. The molecule has 1 heterocycles. The Morgan fingerprint density at radius 1 is 1.09 bits per heavy atom. The van der Waals surface area contributed by atoms with Gasteiger partial charge in [0.1, 0.15) is 0 Å². The predicted molar refractivity (Wildman–Crippen MR) is 92.2 cm³/mol. The molecule has 2 rings (SSSR count). The van der Waals surface area contributed by atoms with Gasteiger partial charge in [-0.3, -0.25) is 9.59 Å². The van der Waals surface area contributed by atoms with Crippen molar-refractivity contribution >= 4 is 22.7 Å². The van der Waals surface area contributed by atoms with E-state index in [1.165, 1.54) is 4.90 Å². The molecule has 5 nitrogen and oxygen atoms in total. The number of hydrogen-bond acceptors (Lipinski definition) is 2. The molecule has 0 atom stereocenters. The molecule has 5 heteroatoms. The van der Waals surface area contributed by atoms with Crippen LogP contribution < -0.4 is 0 Å². The highest BCUT2D eigenvalue weighted by molar-refractivity contribution is 5.86. The minimum Gasteiger partial charge on any atom is -0.361 e. The van der Waals surface area contributed by atoms with Gasteiger partial charge in [0.25, 0.3) is 0 Å². The second-order valence-electron chi connectivity index (χ2n) is 5.68. The number of rotatable bonds is 7. The summed E-state index contributed by atoms with van der Waals surface area (Å²) >= 11 is 0. The Morgan fingerprint density at radius 2 is 1.78 bits per heavy atom. The predicted octanol–water partition coefficient (Wildman–Crippen LogP) is 2.43. The molecule has 0 radical (unpaired) electrons. The fraction of sp³-hybridized carbons (Fsp3) is 0.444. The largest absolute Gasteiger partial charge is 0.361 e. The van der Waals surface area contributed by atoms with Gasteiger partial charge in [-0.1, -0.05) is 18.2 Å². The number of nitrogens with zero attached hydrogens (tertiary/aromatic N) is 2. The Balaban J connectivity index is 1.90. The van der Waals surface area contributed by atoms with Crippen LogP contribution >= 0.6 is 0 Å². The number of amides is 2. The standard InChI is InChI=1S/C18H25N3O2/c1-4-21(5-2)18(23)13-20(3)17(22)11-10-14-12-19-16-9-7-6-8-15(14)16/h6-9,12,19H,4-5,10-11,13H2,1-3H3. The van der Waals surface area contributed by atoms with E-state index in [4.69, 9.17) is 0 Å². The average molecular weight is 315 g/mol. The van der Waals surface area contributed by atoms with Crippen molar-refractivity contribution in [1.82, 2.24) is 14.8 Å². The highest BCUT2D eigenvalue weighted by Gasteiger charge is 2.16. The van der Waals surface area contributed by atoms with Crippen molar-refractivity contribution in [2.75, 3.05) is 26.7 Å². The van der Waals surface area contributed by atoms with Crippen LogP contribution in [0.15, 0.2) is 30.5 Å². The lowest BCUT2D eigenvalue weighted by Crippen LogP contribution is -2.41. The molecule has 0 aliphatic rings. The van der Waals surface area contributed by atoms with E-state index < -0.39 is 0 Å². The Labute approximate surface area is 137 Å². The van der Waals surface area contributed by atoms with Crippen LogP contribution in [0.5, 0.6) is 0 Å². The van der Waals surface area contributed by atoms with Crippen LogP contribution in [-0.2, 0) is 16.0 Å². The third kappa shape index (κ3) is 4.12. The van der Waals surface area contributed by atoms with E-state index >= 15 is 0 Å². The molecule has 2 aromatic rings. The summed E-state index contributed by atoms with van der Waals surface area (Å²) in [6.45, 7) is 5.38. The number of para-hydroxylation sites is 1. The Hall–Kier alpha value is -2.30. The number of benzene rings is 1. The quantitative estimate of drug-likeness (QED) is 0.853. The summed E-state index contributed by atoms with van der Waals surface area (Å²) in [5.41, 5.74) is 2.22. The van der Waals surface area contributed by atoms with Crippen molar-refractivity contribution in [3.8, 4) is 0 Å². The van der Waals surface area contributed by atoms with E-state index in [0.29, 0.717) is 25.9 Å². The van der Waals surface area contributed by atoms with Crippen molar-refractivity contribution in [2.45, 2.75) is 26.7 Å². The molecule has 0 saturated carbocycles. The van der Waals surface area contributed by atoms with Crippen LogP contribution in [-0.4, -0.2) is 53.3 Å². The van der Waals surface area contributed by atoms with Gasteiger partial charge >= 0.3 is 0 Å². The van der Waals surface area contributed by atoms with Gasteiger partial charge in [-0.25, -0.2) is 0 Å². The lowest BCUT2D eigenvalue weighted by Gasteiger charge is -2.23. The van der Waals surface area contributed by atoms with Crippen molar-refractivity contribution in [3.05, 3.63) is 36.0 Å². The zero-order chi connectivity index (χ0) is 16.8. The van der Waals surface area contributed by atoms with Crippen LogP contribution in [0, 0.1) is 0 Å². The molecule has 0 unspecified atom stereocenters. The zero-order valence-corrected chi connectivity index (χ0v) is 14.1. The number of likely N-dealkylation sites (N-methyl/N-ethyl adjacent to an activating group) is 2. The number of aromatic amines is 1. The molecule has 0 fully saturated rings. The summed E-state index contributed by atoms with van der Waals surface area (Å²) in [5, 5.41) is 1.15. The number of aromatic nitrogens is 1. The van der Waals surface area contributed by atoms with E-state index in [1.54, 1.807) is 11.9 Å². The molecule has 1 aromatic heterocycles. The van der Waals surface area contributed by atoms with Gasteiger partial charge in [-0.05, 0) is 31.9 Å². The number of hydrogen-bond donors (Lipinski definition) is 1. The molecule has 0 saturated heterocycles. The molecule has 124 valence electrons. The van der Waals surface area contributed by atoms with E-state index in [-0.39, 0.29) is 18.4 Å². The van der Waals surface area contributed by atoms with Crippen LogP contribution in [0.3, 0.4) is 0 Å². The molecular formula is C18H25N3O2. The average Bonchev–Trinajstić information content (AvgIpc) is 2.97. The normalized spacial score (nSPS) is 10.7. The lowest BCUT2D eigenvalue weighted by atomic mass is 10.1. The minimum atomic E-state index is -0.00390. The summed E-state index contributed by atoms with van der Waals surface area (Å²) in [4.78, 5) is 30.8. The Kier molecular flexibility index (Phi) is 5.79. The van der Waals surface area contributed by atoms with Gasteiger partial charge in [-0.2, -0.15) is 0 Å². The van der Waals surface area contributed by atoms with Gasteiger partial charge in [0, 0.05) is 43.7 Å². The second kappa shape index (κ2) is 7.81. The zero-order valence-electron chi connectivity index (χ0n) is 14.1. The monoisotopic (exact) mass is 315 g/mol. The van der Waals surface area contributed by atoms with E-state index in [9.17, 15) is 9.59 Å². The third-order valence-corrected chi connectivity index (χ3v) is 4.20. The molecule has 0 aliphatic heterocycles. The maximum absolute atomic E-state index is 12.3. The number of carbonyl (C=O) groups is 2. The smallest absolute Gasteiger partial charge is 0.242 e. The van der Waals surface area contributed by atoms with Crippen molar-refractivity contribution < 1.29 is 9.59 Å². The summed E-state index contributed by atoms with van der Waals surface area (Å²) in [6, 6.07) is 8.06. The molecule has 1 aromatic carbocycles. The van der Waals surface area contributed by atoms with Gasteiger partial charge in [0.2, 0.25) is 11.8 Å². The van der Waals surface area contributed by atoms with Crippen LogP contribution in [0.25, 0.3) is 10.9 Å². The number of nitrogens with one attached hydrogen (secondary N) is 1. The first-order valence-electron chi connectivity index (χ1n) is 8.13. The first-order valence-corrected chi connectivity index (χ1v) is 8.13. The van der Waals surface area contributed by atoms with Crippen LogP contribution in [0.2, 0.25) is 0 Å². The molecule has 23 heavy (non-hydrogen) atoms. The van der Waals surface area contributed by atoms with E-state index in [1.807, 2.05) is 38.2 Å². The highest BCUT2D eigenvalue weighted by Crippen LogP contribution is 2.19. The van der Waals surface area contributed by atoms with Crippen LogP contribution in [0.4, 0.5) is 0 Å². The molecule has 2 amide bonds. The third-order valence-electron chi connectivity index (χ3n) is 4.20. The fourth-order valence-corrected chi connectivity index (χ4v) is 2.74. The lowest BCUT2D eigenvalue weighted by molar-refractivity contribution is -0.139. The Bertz CT molecular complexity index is 674. The molecule has 0 aliphatic carbocycles. The summed E-state index contributed by atoms with van der Waals surface area (Å²) in [7, 11) is 1.69. The number of carbonyl (C=O) groups excluding carboxylic acids is 2.